The van der Waals surface area contributed by atoms with Crippen molar-refractivity contribution < 1.29 is 14.6 Å². The van der Waals surface area contributed by atoms with E-state index in [1.54, 1.807) is 7.11 Å². The molecule has 1 aromatic carbocycles. The molecule has 4 nitrogen and oxygen atoms in total. The topological polar surface area (TPSA) is 58.6 Å². The first-order valence-electron chi connectivity index (χ1n) is 8.76. The minimum absolute atomic E-state index is 0.130. The highest BCUT2D eigenvalue weighted by Gasteiger charge is 2.25. The van der Waals surface area contributed by atoms with E-state index in [0.717, 1.165) is 44.3 Å². The van der Waals surface area contributed by atoms with Crippen molar-refractivity contribution in [1.29, 1.82) is 0 Å². The average molecular weight is 319 g/mol. The van der Waals surface area contributed by atoms with Crippen LogP contribution in [0.1, 0.15) is 50.5 Å². The largest absolute Gasteiger partial charge is 0.497 e. The van der Waals surface area contributed by atoms with E-state index >= 15 is 0 Å². The van der Waals surface area contributed by atoms with Crippen LogP contribution in [0.5, 0.6) is 5.75 Å². The summed E-state index contributed by atoms with van der Waals surface area (Å²) in [4.78, 5) is 12.1. The van der Waals surface area contributed by atoms with Crippen LogP contribution in [0.3, 0.4) is 0 Å². The van der Waals surface area contributed by atoms with Crippen molar-refractivity contribution in [3.05, 3.63) is 29.8 Å². The van der Waals surface area contributed by atoms with Crippen LogP contribution in [0, 0.1) is 5.92 Å². The second kappa shape index (κ2) is 9.56. The van der Waals surface area contributed by atoms with Crippen molar-refractivity contribution in [3.8, 4) is 5.75 Å². The summed E-state index contributed by atoms with van der Waals surface area (Å²) in [6.07, 6.45) is 7.81. The number of methoxy groups -OCH3 is 1. The van der Waals surface area contributed by atoms with E-state index in [-0.39, 0.29) is 24.5 Å². The maximum Gasteiger partial charge on any atom is 0.220 e. The molecule has 4 heteroatoms. The van der Waals surface area contributed by atoms with E-state index in [1.807, 2.05) is 12.1 Å². The number of hydrogen-bond acceptors (Lipinski definition) is 3. The Bertz CT molecular complexity index is 472. The molecule has 1 aliphatic rings. The highest BCUT2D eigenvalue weighted by Crippen LogP contribution is 2.24. The number of amides is 1. The summed E-state index contributed by atoms with van der Waals surface area (Å²) in [5, 5.41) is 12.5. The molecule has 1 aliphatic carbocycles. The fourth-order valence-electron chi connectivity index (χ4n) is 3.30. The zero-order chi connectivity index (χ0) is 16.5. The number of ether oxygens (including phenoxy) is 1. The molecular formula is C19H29NO3. The van der Waals surface area contributed by atoms with Gasteiger partial charge in [0, 0.05) is 25.0 Å². The van der Waals surface area contributed by atoms with E-state index in [2.05, 4.69) is 17.4 Å². The SMILES string of the molecule is COc1ccc(CCCCC(=O)NC2CCCCC2CO)cc1. The molecular weight excluding hydrogens is 290 g/mol. The lowest BCUT2D eigenvalue weighted by atomic mass is 9.85. The molecule has 0 heterocycles. The molecule has 1 aromatic rings. The number of rotatable bonds is 8. The van der Waals surface area contributed by atoms with E-state index in [9.17, 15) is 9.90 Å². The molecule has 2 unspecified atom stereocenters. The van der Waals surface area contributed by atoms with Crippen LogP contribution < -0.4 is 10.1 Å². The summed E-state index contributed by atoms with van der Waals surface area (Å²) >= 11 is 0. The van der Waals surface area contributed by atoms with Crippen LogP contribution in [-0.4, -0.2) is 30.8 Å². The Balaban J connectivity index is 1.64. The van der Waals surface area contributed by atoms with Crippen LogP contribution in [-0.2, 0) is 11.2 Å². The van der Waals surface area contributed by atoms with Gasteiger partial charge in [-0.25, -0.2) is 0 Å². The molecule has 0 bridgehead atoms. The second-order valence-corrected chi connectivity index (χ2v) is 6.46. The Morgan fingerprint density at radius 2 is 1.96 bits per heavy atom. The van der Waals surface area contributed by atoms with Crippen molar-refractivity contribution in [3.63, 3.8) is 0 Å². The Kier molecular flexibility index (Phi) is 7.40. The highest BCUT2D eigenvalue weighted by atomic mass is 16.5. The molecule has 1 fully saturated rings. The quantitative estimate of drug-likeness (QED) is 0.724. The standard InChI is InChI=1S/C19H29NO3/c1-23-17-12-10-15(11-13-17)6-2-5-9-19(22)20-18-8-4-3-7-16(18)14-21/h10-13,16,18,21H,2-9,14H2,1H3,(H,20,22). The molecule has 0 radical (unpaired) electrons. The van der Waals surface area contributed by atoms with Gasteiger partial charge in [-0.1, -0.05) is 25.0 Å². The zero-order valence-electron chi connectivity index (χ0n) is 14.1. The van der Waals surface area contributed by atoms with Gasteiger partial charge in [0.05, 0.1) is 7.11 Å². The maximum atomic E-state index is 12.1. The maximum absolute atomic E-state index is 12.1. The Morgan fingerprint density at radius 3 is 2.65 bits per heavy atom. The van der Waals surface area contributed by atoms with Crippen LogP contribution in [0.2, 0.25) is 0 Å². The Morgan fingerprint density at radius 1 is 1.22 bits per heavy atom. The molecule has 1 amide bonds. The predicted octanol–water partition coefficient (Wildman–Crippen LogP) is 3.08. The first-order chi connectivity index (χ1) is 11.2. The van der Waals surface area contributed by atoms with E-state index < -0.39 is 0 Å². The number of benzene rings is 1. The van der Waals surface area contributed by atoms with Gasteiger partial charge in [-0.2, -0.15) is 0 Å². The van der Waals surface area contributed by atoms with Crippen molar-refractivity contribution >= 4 is 5.91 Å². The molecule has 2 atom stereocenters. The lowest BCUT2D eigenvalue weighted by Crippen LogP contribution is -2.43. The smallest absolute Gasteiger partial charge is 0.220 e. The Labute approximate surface area is 139 Å². The number of aliphatic hydroxyl groups excluding tert-OH is 1. The van der Waals surface area contributed by atoms with E-state index in [0.29, 0.717) is 6.42 Å². The summed E-state index contributed by atoms with van der Waals surface area (Å²) < 4.78 is 5.15. The van der Waals surface area contributed by atoms with E-state index in [4.69, 9.17) is 4.74 Å². The van der Waals surface area contributed by atoms with Gasteiger partial charge in [-0.3, -0.25) is 4.79 Å². The number of carbonyl (C=O) groups is 1. The first kappa shape index (κ1) is 17.8. The number of unbranched alkanes of at least 4 members (excludes halogenated alkanes) is 1. The number of aliphatic hydroxyl groups is 1. The molecule has 2 rings (SSSR count). The zero-order valence-corrected chi connectivity index (χ0v) is 14.1. The molecule has 2 N–H and O–H groups in total. The Hall–Kier alpha value is -1.55. The van der Waals surface area contributed by atoms with E-state index in [1.165, 1.54) is 12.0 Å². The monoisotopic (exact) mass is 319 g/mol. The van der Waals surface area contributed by atoms with Gasteiger partial charge < -0.3 is 15.2 Å². The minimum atomic E-state index is 0.130. The van der Waals surface area contributed by atoms with Crippen molar-refractivity contribution in [2.75, 3.05) is 13.7 Å². The second-order valence-electron chi connectivity index (χ2n) is 6.46. The molecule has 128 valence electrons. The lowest BCUT2D eigenvalue weighted by molar-refractivity contribution is -0.122. The number of hydrogen-bond donors (Lipinski definition) is 2. The van der Waals surface area contributed by atoms with Crippen molar-refractivity contribution in [2.45, 2.75) is 57.4 Å². The third-order valence-electron chi connectivity index (χ3n) is 4.77. The summed E-state index contributed by atoms with van der Waals surface area (Å²) in [5.74, 6) is 1.25. The molecule has 0 saturated heterocycles. The van der Waals surface area contributed by atoms with Crippen LogP contribution in [0.15, 0.2) is 24.3 Å². The predicted molar refractivity (Wildman–Crippen MR) is 91.5 cm³/mol. The summed E-state index contributed by atoms with van der Waals surface area (Å²) in [5.41, 5.74) is 1.28. The van der Waals surface area contributed by atoms with Crippen LogP contribution >= 0.6 is 0 Å². The third kappa shape index (κ3) is 5.87. The van der Waals surface area contributed by atoms with Gasteiger partial charge in [-0.05, 0) is 49.8 Å². The number of nitrogens with one attached hydrogen (secondary N) is 1. The summed E-state index contributed by atoms with van der Waals surface area (Å²) in [7, 11) is 1.67. The average Bonchev–Trinajstić information content (AvgIpc) is 2.59. The fraction of sp³-hybridized carbons (Fsp3) is 0.632. The van der Waals surface area contributed by atoms with Gasteiger partial charge in [0.2, 0.25) is 5.91 Å². The highest BCUT2D eigenvalue weighted by molar-refractivity contribution is 5.76. The third-order valence-corrected chi connectivity index (χ3v) is 4.77. The first-order valence-corrected chi connectivity index (χ1v) is 8.76. The molecule has 0 aliphatic heterocycles. The fourth-order valence-corrected chi connectivity index (χ4v) is 3.30. The van der Waals surface area contributed by atoms with Crippen molar-refractivity contribution in [1.82, 2.24) is 5.32 Å². The van der Waals surface area contributed by atoms with Gasteiger partial charge in [0.25, 0.3) is 0 Å². The summed E-state index contributed by atoms with van der Waals surface area (Å²) in [6, 6.07) is 8.27. The molecule has 23 heavy (non-hydrogen) atoms. The minimum Gasteiger partial charge on any atom is -0.497 e. The van der Waals surface area contributed by atoms with Crippen LogP contribution in [0.25, 0.3) is 0 Å². The lowest BCUT2D eigenvalue weighted by Gasteiger charge is -2.30. The molecule has 0 aromatic heterocycles. The number of carbonyl (C=O) groups excluding carboxylic acids is 1. The van der Waals surface area contributed by atoms with Gasteiger partial charge in [-0.15, -0.1) is 0 Å². The van der Waals surface area contributed by atoms with Gasteiger partial charge >= 0.3 is 0 Å². The van der Waals surface area contributed by atoms with Gasteiger partial charge in [0.15, 0.2) is 0 Å². The van der Waals surface area contributed by atoms with Crippen molar-refractivity contribution in [2.24, 2.45) is 5.92 Å². The number of aryl methyl sites for hydroxylation is 1. The summed E-state index contributed by atoms with van der Waals surface area (Å²) in [6.45, 7) is 0.183. The normalized spacial score (nSPS) is 21.0. The molecule has 1 saturated carbocycles. The van der Waals surface area contributed by atoms with Crippen LogP contribution in [0.4, 0.5) is 0 Å². The van der Waals surface area contributed by atoms with Gasteiger partial charge in [0.1, 0.15) is 5.75 Å². The molecule has 0 spiro atoms.